The maximum atomic E-state index is 13.7. The summed E-state index contributed by atoms with van der Waals surface area (Å²) in [6.45, 7) is 4.94. The predicted molar refractivity (Wildman–Crippen MR) is 121 cm³/mol. The van der Waals surface area contributed by atoms with Crippen LogP contribution in [0, 0.1) is 0 Å². The molecule has 1 N–H and O–H groups in total. The number of fused-ring (bicyclic) bond motifs is 3. The van der Waals surface area contributed by atoms with Gasteiger partial charge in [-0.15, -0.1) is 11.3 Å². The number of methoxy groups -OCH3 is 1. The normalized spacial score (nSPS) is 14.0. The van der Waals surface area contributed by atoms with E-state index in [1.54, 1.807) is 30.1 Å². The first-order valence-electron chi connectivity index (χ1n) is 9.83. The van der Waals surface area contributed by atoms with Crippen molar-refractivity contribution in [3.05, 3.63) is 45.1 Å². The molecule has 2 aromatic heterocycles. The van der Waals surface area contributed by atoms with Gasteiger partial charge in [-0.05, 0) is 30.7 Å². The molecule has 0 saturated heterocycles. The van der Waals surface area contributed by atoms with Gasteiger partial charge in [-0.2, -0.15) is 0 Å². The summed E-state index contributed by atoms with van der Waals surface area (Å²) >= 11 is 2.86. The van der Waals surface area contributed by atoms with E-state index >= 15 is 0 Å². The molecule has 3 heterocycles. The molecule has 0 atom stereocenters. The van der Waals surface area contributed by atoms with Crippen molar-refractivity contribution in [1.29, 1.82) is 0 Å². The van der Waals surface area contributed by atoms with E-state index in [1.165, 1.54) is 16.6 Å². The molecule has 0 bridgehead atoms. The maximum Gasteiger partial charge on any atom is 0.267 e. The average molecular weight is 445 g/mol. The van der Waals surface area contributed by atoms with Crippen LogP contribution in [-0.4, -0.2) is 53.4 Å². The van der Waals surface area contributed by atoms with Crippen LogP contribution >= 0.6 is 23.1 Å². The molecule has 4 rings (SSSR count). The van der Waals surface area contributed by atoms with Gasteiger partial charge >= 0.3 is 0 Å². The Hall–Kier alpha value is -2.36. The zero-order valence-corrected chi connectivity index (χ0v) is 18.9. The van der Waals surface area contributed by atoms with E-state index in [2.05, 4.69) is 17.1 Å². The number of carbonyl (C=O) groups excluding carboxylic acids is 1. The quantitative estimate of drug-likeness (QED) is 0.465. The lowest BCUT2D eigenvalue weighted by Crippen LogP contribution is -2.30. The lowest BCUT2D eigenvalue weighted by Gasteiger charge is -2.25. The number of carbonyl (C=O) groups is 1. The Morgan fingerprint density at radius 2 is 2.23 bits per heavy atom. The SMILES string of the molecule is CCN1CCc2c(sc3nc(SCC(=O)NC)n(-c4cccc(OC)c4)c(=O)c23)C1. The topological polar surface area (TPSA) is 76.5 Å². The van der Waals surface area contributed by atoms with Crippen LogP contribution in [0.15, 0.2) is 34.2 Å². The molecule has 7 nitrogen and oxygen atoms in total. The Balaban J connectivity index is 1.91. The molecule has 0 fully saturated rings. The van der Waals surface area contributed by atoms with Crippen LogP contribution < -0.4 is 15.6 Å². The second-order valence-electron chi connectivity index (χ2n) is 7.00. The van der Waals surface area contributed by atoms with Gasteiger partial charge in [-0.3, -0.25) is 19.1 Å². The minimum atomic E-state index is -0.115. The fourth-order valence-corrected chi connectivity index (χ4v) is 5.81. The number of thiophene rings is 1. The van der Waals surface area contributed by atoms with Gasteiger partial charge < -0.3 is 10.1 Å². The van der Waals surface area contributed by atoms with Crippen molar-refractivity contribution in [1.82, 2.24) is 19.8 Å². The van der Waals surface area contributed by atoms with Gasteiger partial charge in [-0.1, -0.05) is 24.8 Å². The summed E-state index contributed by atoms with van der Waals surface area (Å²) < 4.78 is 6.96. The zero-order valence-electron chi connectivity index (χ0n) is 17.2. The van der Waals surface area contributed by atoms with Gasteiger partial charge in [0, 0.05) is 31.1 Å². The smallest absolute Gasteiger partial charge is 0.267 e. The number of benzene rings is 1. The van der Waals surface area contributed by atoms with Crippen molar-refractivity contribution >= 4 is 39.2 Å². The van der Waals surface area contributed by atoms with E-state index in [0.717, 1.165) is 36.4 Å². The molecule has 158 valence electrons. The van der Waals surface area contributed by atoms with Gasteiger partial charge in [0.05, 0.1) is 23.9 Å². The molecular weight excluding hydrogens is 420 g/mol. The molecule has 0 saturated carbocycles. The summed E-state index contributed by atoms with van der Waals surface area (Å²) in [5.74, 6) is 0.732. The minimum absolute atomic E-state index is 0.0879. The number of rotatable bonds is 6. The van der Waals surface area contributed by atoms with Crippen molar-refractivity contribution in [3.63, 3.8) is 0 Å². The summed E-state index contributed by atoms with van der Waals surface area (Å²) in [6, 6.07) is 7.36. The van der Waals surface area contributed by atoms with Gasteiger partial charge in [-0.25, -0.2) is 4.98 Å². The Morgan fingerprint density at radius 3 is 2.97 bits per heavy atom. The van der Waals surface area contributed by atoms with Crippen LogP contribution in [0.3, 0.4) is 0 Å². The number of amides is 1. The number of aromatic nitrogens is 2. The molecule has 9 heteroatoms. The van der Waals surface area contributed by atoms with E-state index in [0.29, 0.717) is 22.0 Å². The van der Waals surface area contributed by atoms with E-state index < -0.39 is 0 Å². The molecule has 0 aliphatic carbocycles. The van der Waals surface area contributed by atoms with Crippen molar-refractivity contribution in [2.45, 2.75) is 25.0 Å². The Morgan fingerprint density at radius 1 is 1.40 bits per heavy atom. The fourth-order valence-electron chi connectivity index (χ4n) is 3.62. The van der Waals surface area contributed by atoms with E-state index in [9.17, 15) is 9.59 Å². The average Bonchev–Trinajstić information content (AvgIpc) is 3.15. The molecule has 0 radical (unpaired) electrons. The second-order valence-corrected chi connectivity index (χ2v) is 9.03. The summed E-state index contributed by atoms with van der Waals surface area (Å²) in [7, 11) is 3.20. The highest BCUT2D eigenvalue weighted by Gasteiger charge is 2.25. The fraction of sp³-hybridized carbons (Fsp3) is 0.381. The second kappa shape index (κ2) is 8.79. The molecule has 1 aromatic carbocycles. The Labute approximate surface area is 183 Å². The number of hydrogen-bond acceptors (Lipinski definition) is 7. The van der Waals surface area contributed by atoms with Gasteiger partial charge in [0.2, 0.25) is 5.91 Å². The molecule has 1 aliphatic rings. The number of hydrogen-bond donors (Lipinski definition) is 1. The highest BCUT2D eigenvalue weighted by atomic mass is 32.2. The predicted octanol–water partition coefficient (Wildman–Crippen LogP) is 2.67. The van der Waals surface area contributed by atoms with Crippen LogP contribution in [0.1, 0.15) is 17.4 Å². The minimum Gasteiger partial charge on any atom is -0.497 e. The molecule has 3 aromatic rings. The lowest BCUT2D eigenvalue weighted by molar-refractivity contribution is -0.118. The molecule has 0 spiro atoms. The van der Waals surface area contributed by atoms with Gasteiger partial charge in [0.25, 0.3) is 5.56 Å². The van der Waals surface area contributed by atoms with Crippen LogP contribution in [0.5, 0.6) is 5.75 Å². The third-order valence-electron chi connectivity index (χ3n) is 5.29. The number of thioether (sulfide) groups is 1. The van der Waals surface area contributed by atoms with Crippen molar-refractivity contribution in [2.75, 3.05) is 33.0 Å². The molecular formula is C21H24N4O3S2. The Kier molecular flexibility index (Phi) is 6.12. The third-order valence-corrected chi connectivity index (χ3v) is 7.34. The van der Waals surface area contributed by atoms with E-state index in [1.807, 2.05) is 24.3 Å². The Bertz CT molecular complexity index is 1160. The largest absolute Gasteiger partial charge is 0.497 e. The maximum absolute atomic E-state index is 13.7. The first-order chi connectivity index (χ1) is 14.5. The van der Waals surface area contributed by atoms with E-state index in [-0.39, 0.29) is 17.2 Å². The highest BCUT2D eigenvalue weighted by molar-refractivity contribution is 7.99. The summed E-state index contributed by atoms with van der Waals surface area (Å²) in [5.41, 5.74) is 1.71. The number of likely N-dealkylation sites (N-methyl/N-ethyl adjacent to an activating group) is 1. The van der Waals surface area contributed by atoms with Crippen LogP contribution in [0.2, 0.25) is 0 Å². The van der Waals surface area contributed by atoms with Gasteiger partial charge in [0.1, 0.15) is 10.6 Å². The van der Waals surface area contributed by atoms with Crippen LogP contribution in [0.25, 0.3) is 15.9 Å². The van der Waals surface area contributed by atoms with Crippen LogP contribution in [-0.2, 0) is 17.8 Å². The highest BCUT2D eigenvalue weighted by Crippen LogP contribution is 2.34. The van der Waals surface area contributed by atoms with Crippen molar-refractivity contribution < 1.29 is 9.53 Å². The molecule has 30 heavy (non-hydrogen) atoms. The first-order valence-corrected chi connectivity index (χ1v) is 11.6. The number of nitrogens with one attached hydrogen (secondary N) is 1. The molecule has 1 aliphatic heterocycles. The molecule has 1 amide bonds. The van der Waals surface area contributed by atoms with Crippen molar-refractivity contribution in [3.8, 4) is 11.4 Å². The van der Waals surface area contributed by atoms with Gasteiger partial charge in [0.15, 0.2) is 5.16 Å². The lowest BCUT2D eigenvalue weighted by atomic mass is 10.1. The number of ether oxygens (including phenoxy) is 1. The van der Waals surface area contributed by atoms with Crippen molar-refractivity contribution in [2.24, 2.45) is 0 Å². The zero-order chi connectivity index (χ0) is 21.3. The number of nitrogens with zero attached hydrogens (tertiary/aromatic N) is 3. The summed E-state index contributed by atoms with van der Waals surface area (Å²) in [6.07, 6.45) is 0.850. The van der Waals surface area contributed by atoms with E-state index in [4.69, 9.17) is 9.72 Å². The summed E-state index contributed by atoms with van der Waals surface area (Å²) in [4.78, 5) is 34.7. The molecule has 0 unspecified atom stereocenters. The summed E-state index contributed by atoms with van der Waals surface area (Å²) in [5, 5.41) is 3.83. The third kappa shape index (κ3) is 3.84. The standard InChI is InChI=1S/C21H24N4O3S2/c1-4-24-9-8-15-16(11-24)30-19-18(15)20(27)25(13-6-5-7-14(10-13)28-3)21(23-19)29-12-17(26)22-2/h5-7,10H,4,8-9,11-12H2,1-3H3,(H,22,26). The first kappa shape index (κ1) is 20.9. The monoisotopic (exact) mass is 444 g/mol. The van der Waals surface area contributed by atoms with Crippen LogP contribution in [0.4, 0.5) is 0 Å².